The van der Waals surface area contributed by atoms with Gasteiger partial charge in [-0.25, -0.2) is 0 Å². The van der Waals surface area contributed by atoms with Crippen LogP contribution in [0.3, 0.4) is 0 Å². The Morgan fingerprint density at radius 3 is 2.70 bits per heavy atom. The highest BCUT2D eigenvalue weighted by Crippen LogP contribution is 2.21. The summed E-state index contributed by atoms with van der Waals surface area (Å²) in [6.07, 6.45) is 0.895. The summed E-state index contributed by atoms with van der Waals surface area (Å²) in [5, 5.41) is 4.84. The molecule has 1 aromatic heterocycles. The number of thiophene rings is 1. The average molecular weight is 330 g/mol. The van der Waals surface area contributed by atoms with Crippen LogP contribution in [0, 0.1) is 0 Å². The Hall–Kier alpha value is -0.580. The Morgan fingerprint density at radius 2 is 1.95 bits per heavy atom. The first kappa shape index (κ1) is 15.8. The Bertz CT molecular complexity index is 557. The second-order valence-electron chi connectivity index (χ2n) is 4.46. The van der Waals surface area contributed by atoms with Crippen molar-refractivity contribution in [1.82, 2.24) is 5.32 Å². The van der Waals surface area contributed by atoms with E-state index in [4.69, 9.17) is 27.9 Å². The van der Waals surface area contributed by atoms with Gasteiger partial charge in [-0.3, -0.25) is 0 Å². The molecule has 2 aromatic rings. The van der Waals surface area contributed by atoms with Gasteiger partial charge in [-0.15, -0.1) is 11.3 Å². The molecule has 5 heteroatoms. The predicted octanol–water partition coefficient (Wildman–Crippen LogP) is 4.53. The highest BCUT2D eigenvalue weighted by atomic mass is 35.5. The zero-order chi connectivity index (χ0) is 14.4. The van der Waals surface area contributed by atoms with Crippen molar-refractivity contribution < 1.29 is 4.74 Å². The van der Waals surface area contributed by atoms with Crippen molar-refractivity contribution in [3.05, 3.63) is 55.7 Å². The van der Waals surface area contributed by atoms with Crippen molar-refractivity contribution in [2.24, 2.45) is 0 Å². The van der Waals surface area contributed by atoms with Gasteiger partial charge in [0.2, 0.25) is 0 Å². The normalized spacial score (nSPS) is 10.9. The van der Waals surface area contributed by atoms with E-state index in [0.717, 1.165) is 30.1 Å². The monoisotopic (exact) mass is 329 g/mol. The number of nitrogens with one attached hydrogen (secondary N) is 1. The van der Waals surface area contributed by atoms with Gasteiger partial charge in [0.25, 0.3) is 0 Å². The van der Waals surface area contributed by atoms with E-state index in [0.29, 0.717) is 11.6 Å². The molecular formula is C15H17Cl2NOS. The molecule has 20 heavy (non-hydrogen) atoms. The lowest BCUT2D eigenvalue weighted by molar-refractivity contribution is 0.187. The second kappa shape index (κ2) is 8.01. The molecule has 0 atom stereocenters. The average Bonchev–Trinajstić information content (AvgIpc) is 2.85. The number of hydrogen-bond donors (Lipinski definition) is 1. The van der Waals surface area contributed by atoms with Crippen molar-refractivity contribution >= 4 is 34.5 Å². The van der Waals surface area contributed by atoms with E-state index in [1.165, 1.54) is 9.75 Å². The smallest absolute Gasteiger partial charge is 0.0805 e. The van der Waals surface area contributed by atoms with Crippen LogP contribution in [0.25, 0.3) is 0 Å². The van der Waals surface area contributed by atoms with E-state index in [1.807, 2.05) is 12.1 Å². The highest BCUT2D eigenvalue weighted by Gasteiger charge is 2.02. The van der Waals surface area contributed by atoms with Crippen molar-refractivity contribution in [2.45, 2.75) is 19.6 Å². The highest BCUT2D eigenvalue weighted by molar-refractivity contribution is 7.11. The third-order valence-electron chi connectivity index (χ3n) is 2.89. The molecule has 0 aliphatic heterocycles. The third kappa shape index (κ3) is 4.76. The van der Waals surface area contributed by atoms with E-state index >= 15 is 0 Å². The molecule has 0 saturated carbocycles. The molecular weight excluding hydrogens is 313 g/mol. The van der Waals surface area contributed by atoms with Crippen LogP contribution in [0.5, 0.6) is 0 Å². The minimum atomic E-state index is 0.677. The molecule has 0 bridgehead atoms. The largest absolute Gasteiger partial charge is 0.379 e. The predicted molar refractivity (Wildman–Crippen MR) is 86.9 cm³/mol. The summed E-state index contributed by atoms with van der Waals surface area (Å²) in [5.74, 6) is 0. The fourth-order valence-electron chi connectivity index (χ4n) is 1.90. The fraction of sp³-hybridized carbons (Fsp3) is 0.333. The maximum absolute atomic E-state index is 6.14. The maximum atomic E-state index is 6.14. The molecule has 0 aliphatic carbocycles. The molecule has 0 spiro atoms. The molecule has 0 fully saturated rings. The molecule has 0 aliphatic rings. The molecule has 108 valence electrons. The molecule has 1 heterocycles. The van der Waals surface area contributed by atoms with Crippen LogP contribution in [0.1, 0.15) is 15.3 Å². The molecule has 0 unspecified atom stereocenters. The van der Waals surface area contributed by atoms with Crippen LogP contribution in [-0.2, 0) is 24.3 Å². The van der Waals surface area contributed by atoms with Crippen molar-refractivity contribution in [3.8, 4) is 0 Å². The molecule has 1 N–H and O–H groups in total. The van der Waals surface area contributed by atoms with Gasteiger partial charge in [0.15, 0.2) is 0 Å². The topological polar surface area (TPSA) is 21.3 Å². The number of benzene rings is 1. The summed E-state index contributed by atoms with van der Waals surface area (Å²) in [4.78, 5) is 2.57. The zero-order valence-corrected chi connectivity index (χ0v) is 13.6. The Morgan fingerprint density at radius 1 is 1.15 bits per heavy atom. The van der Waals surface area contributed by atoms with E-state index < -0.39 is 0 Å². The van der Waals surface area contributed by atoms with Gasteiger partial charge in [-0.05, 0) is 42.8 Å². The lowest BCUT2D eigenvalue weighted by Crippen LogP contribution is -2.16. The Labute approximate surface area is 133 Å². The second-order valence-corrected chi connectivity index (χ2v) is 6.56. The lowest BCUT2D eigenvalue weighted by atomic mass is 10.1. The molecule has 2 nitrogen and oxygen atoms in total. The summed E-state index contributed by atoms with van der Waals surface area (Å²) >= 11 is 13.8. The first-order valence-corrected chi connectivity index (χ1v) is 7.97. The fourth-order valence-corrected chi connectivity index (χ4v) is 3.36. The summed E-state index contributed by atoms with van der Waals surface area (Å²) < 4.78 is 5.11. The van der Waals surface area contributed by atoms with Crippen molar-refractivity contribution in [2.75, 3.05) is 13.7 Å². The van der Waals surface area contributed by atoms with Crippen LogP contribution >= 0.6 is 34.5 Å². The van der Waals surface area contributed by atoms with Gasteiger partial charge >= 0.3 is 0 Å². The van der Waals surface area contributed by atoms with Gasteiger partial charge in [-0.2, -0.15) is 0 Å². The van der Waals surface area contributed by atoms with E-state index in [2.05, 4.69) is 17.4 Å². The zero-order valence-electron chi connectivity index (χ0n) is 11.3. The lowest BCUT2D eigenvalue weighted by Gasteiger charge is -2.06. The van der Waals surface area contributed by atoms with Crippen LogP contribution < -0.4 is 5.32 Å². The van der Waals surface area contributed by atoms with E-state index in [1.54, 1.807) is 24.5 Å². The molecule has 0 amide bonds. The quantitative estimate of drug-likeness (QED) is 0.753. The summed E-state index contributed by atoms with van der Waals surface area (Å²) in [6.45, 7) is 2.45. The number of ether oxygens (including phenoxy) is 1. The first-order chi connectivity index (χ1) is 9.69. The first-order valence-electron chi connectivity index (χ1n) is 6.40. The minimum absolute atomic E-state index is 0.677. The van der Waals surface area contributed by atoms with Crippen molar-refractivity contribution in [1.29, 1.82) is 0 Å². The number of halogens is 2. The maximum Gasteiger partial charge on any atom is 0.0805 e. The van der Waals surface area contributed by atoms with Crippen LogP contribution in [0.2, 0.25) is 10.0 Å². The number of hydrogen-bond acceptors (Lipinski definition) is 3. The van der Waals surface area contributed by atoms with E-state index in [9.17, 15) is 0 Å². The van der Waals surface area contributed by atoms with Crippen LogP contribution in [0.15, 0.2) is 30.3 Å². The molecule has 0 radical (unpaired) electrons. The minimum Gasteiger partial charge on any atom is -0.379 e. The molecule has 0 saturated heterocycles. The standard InChI is InChI=1S/C15H17Cl2NOS/c1-19-10-14-5-4-13(20-14)9-18-7-6-11-2-3-12(16)8-15(11)17/h2-5,8,18H,6-7,9-10H2,1H3. The SMILES string of the molecule is COCc1ccc(CNCCc2ccc(Cl)cc2Cl)s1. The Kier molecular flexibility index (Phi) is 6.33. The van der Waals surface area contributed by atoms with Gasteiger partial charge in [-0.1, -0.05) is 29.3 Å². The van der Waals surface area contributed by atoms with Crippen LogP contribution in [0.4, 0.5) is 0 Å². The van der Waals surface area contributed by atoms with E-state index in [-0.39, 0.29) is 0 Å². The Balaban J connectivity index is 1.75. The molecule has 1 aromatic carbocycles. The van der Waals surface area contributed by atoms with Crippen molar-refractivity contribution in [3.63, 3.8) is 0 Å². The third-order valence-corrected chi connectivity index (χ3v) is 4.54. The number of rotatable bonds is 7. The van der Waals surface area contributed by atoms with Gasteiger partial charge in [0.1, 0.15) is 0 Å². The van der Waals surface area contributed by atoms with Crippen LogP contribution in [-0.4, -0.2) is 13.7 Å². The van der Waals surface area contributed by atoms with Gasteiger partial charge in [0, 0.05) is 33.5 Å². The summed E-state index contributed by atoms with van der Waals surface area (Å²) in [6, 6.07) is 9.89. The van der Waals surface area contributed by atoms with Gasteiger partial charge in [0.05, 0.1) is 6.61 Å². The summed E-state index contributed by atoms with van der Waals surface area (Å²) in [5.41, 5.74) is 1.12. The summed E-state index contributed by atoms with van der Waals surface area (Å²) in [7, 11) is 1.72. The number of methoxy groups -OCH3 is 1. The molecule has 2 rings (SSSR count). The van der Waals surface area contributed by atoms with Gasteiger partial charge < -0.3 is 10.1 Å².